The number of nitrogens with zero attached hydrogens (tertiary/aromatic N) is 1. The van der Waals surface area contributed by atoms with Gasteiger partial charge in [-0.15, -0.1) is 11.6 Å². The minimum atomic E-state index is -0.464. The monoisotopic (exact) mass is 269 g/mol. The molecule has 1 aromatic heterocycles. The van der Waals surface area contributed by atoms with Gasteiger partial charge in [-0.1, -0.05) is 0 Å². The lowest BCUT2D eigenvalue weighted by atomic mass is 10.1. The van der Waals surface area contributed by atoms with Gasteiger partial charge in [0.1, 0.15) is 0 Å². The fraction of sp³-hybridized carbons (Fsp3) is 0.643. The topological polar surface area (TPSA) is 31.2 Å². The first-order valence-corrected chi connectivity index (χ1v) is 6.87. The standard InChI is InChI=1S/C14H20ClNO2/c1-9-6-13(14(17)10(2)15)11(3)16(9)7-12-4-5-18-8-12/h6,10,12H,4-5,7-8H2,1-3H3. The summed E-state index contributed by atoms with van der Waals surface area (Å²) in [5.41, 5.74) is 2.91. The van der Waals surface area contributed by atoms with Crippen LogP contribution in [0.2, 0.25) is 0 Å². The van der Waals surface area contributed by atoms with Crippen LogP contribution in [-0.4, -0.2) is 28.9 Å². The summed E-state index contributed by atoms with van der Waals surface area (Å²) in [5.74, 6) is 0.574. The Hall–Kier alpha value is -0.800. The van der Waals surface area contributed by atoms with E-state index in [4.69, 9.17) is 16.3 Å². The Kier molecular flexibility index (Phi) is 4.13. The minimum absolute atomic E-state index is 0.0127. The van der Waals surface area contributed by atoms with Crippen LogP contribution in [0, 0.1) is 19.8 Å². The number of halogens is 1. The fourth-order valence-electron chi connectivity index (χ4n) is 2.53. The van der Waals surface area contributed by atoms with E-state index in [1.165, 1.54) is 0 Å². The van der Waals surface area contributed by atoms with Gasteiger partial charge in [0.05, 0.1) is 12.0 Å². The SMILES string of the molecule is Cc1cc(C(=O)C(C)Cl)c(C)n1CC1CCOC1. The van der Waals surface area contributed by atoms with Crippen molar-refractivity contribution in [2.75, 3.05) is 13.2 Å². The Morgan fingerprint density at radius 1 is 1.61 bits per heavy atom. The highest BCUT2D eigenvalue weighted by Crippen LogP contribution is 2.22. The van der Waals surface area contributed by atoms with Crippen LogP contribution in [-0.2, 0) is 11.3 Å². The molecule has 0 bridgehead atoms. The Labute approximate surface area is 113 Å². The molecule has 0 aliphatic carbocycles. The van der Waals surface area contributed by atoms with Crippen LogP contribution in [0.15, 0.2) is 6.07 Å². The summed E-state index contributed by atoms with van der Waals surface area (Å²) in [5, 5.41) is -0.464. The van der Waals surface area contributed by atoms with E-state index < -0.39 is 5.38 Å². The summed E-state index contributed by atoms with van der Waals surface area (Å²) in [6.45, 7) is 8.37. The number of carbonyl (C=O) groups is 1. The zero-order valence-electron chi connectivity index (χ0n) is 11.2. The van der Waals surface area contributed by atoms with Crippen molar-refractivity contribution in [1.82, 2.24) is 4.57 Å². The number of Topliss-reactive ketones (excluding diaryl/α,β-unsaturated/α-hetero) is 1. The molecule has 2 heterocycles. The van der Waals surface area contributed by atoms with Gasteiger partial charge in [-0.2, -0.15) is 0 Å². The lowest BCUT2D eigenvalue weighted by Gasteiger charge is -2.14. The molecule has 2 unspecified atom stereocenters. The van der Waals surface area contributed by atoms with Crippen LogP contribution in [0.1, 0.15) is 35.1 Å². The number of ether oxygens (including phenoxy) is 1. The molecule has 2 rings (SSSR count). The molecule has 0 saturated carbocycles. The number of hydrogen-bond donors (Lipinski definition) is 0. The predicted molar refractivity (Wildman–Crippen MR) is 72.5 cm³/mol. The van der Waals surface area contributed by atoms with Crippen LogP contribution in [0.5, 0.6) is 0 Å². The smallest absolute Gasteiger partial charge is 0.182 e. The van der Waals surface area contributed by atoms with E-state index in [0.717, 1.165) is 43.1 Å². The molecule has 2 atom stereocenters. The number of ketones is 1. The molecule has 0 spiro atoms. The molecule has 1 fully saturated rings. The second-order valence-electron chi connectivity index (χ2n) is 5.11. The summed E-state index contributed by atoms with van der Waals surface area (Å²) in [4.78, 5) is 12.0. The zero-order chi connectivity index (χ0) is 13.3. The highest BCUT2D eigenvalue weighted by atomic mass is 35.5. The van der Waals surface area contributed by atoms with Crippen LogP contribution < -0.4 is 0 Å². The summed E-state index contributed by atoms with van der Waals surface area (Å²) in [6, 6.07) is 1.95. The van der Waals surface area contributed by atoms with Gasteiger partial charge < -0.3 is 9.30 Å². The number of aromatic nitrogens is 1. The summed E-state index contributed by atoms with van der Waals surface area (Å²) < 4.78 is 7.61. The number of rotatable bonds is 4. The zero-order valence-corrected chi connectivity index (χ0v) is 12.0. The van der Waals surface area contributed by atoms with Crippen molar-refractivity contribution in [2.24, 2.45) is 5.92 Å². The van der Waals surface area contributed by atoms with Crippen LogP contribution in [0.25, 0.3) is 0 Å². The Bertz CT molecular complexity index is 445. The van der Waals surface area contributed by atoms with E-state index in [-0.39, 0.29) is 5.78 Å². The quantitative estimate of drug-likeness (QED) is 0.622. The summed E-state index contributed by atoms with van der Waals surface area (Å²) in [6.07, 6.45) is 1.10. The van der Waals surface area contributed by atoms with Gasteiger partial charge >= 0.3 is 0 Å². The maximum Gasteiger partial charge on any atom is 0.182 e. The molecule has 1 aliphatic rings. The second-order valence-corrected chi connectivity index (χ2v) is 5.76. The van der Waals surface area contributed by atoms with Crippen LogP contribution in [0.4, 0.5) is 0 Å². The maximum absolute atomic E-state index is 12.0. The molecule has 18 heavy (non-hydrogen) atoms. The Morgan fingerprint density at radius 2 is 2.33 bits per heavy atom. The summed E-state index contributed by atoms with van der Waals surface area (Å²) in [7, 11) is 0. The molecule has 3 nitrogen and oxygen atoms in total. The van der Waals surface area contributed by atoms with Gasteiger partial charge in [-0.3, -0.25) is 4.79 Å². The molecule has 0 aromatic carbocycles. The van der Waals surface area contributed by atoms with E-state index in [0.29, 0.717) is 5.92 Å². The molecule has 100 valence electrons. The van der Waals surface area contributed by atoms with Crippen molar-refractivity contribution in [2.45, 2.75) is 39.1 Å². The number of carbonyl (C=O) groups excluding carboxylic acids is 1. The van der Waals surface area contributed by atoms with Gasteiger partial charge in [0.15, 0.2) is 5.78 Å². The average Bonchev–Trinajstić information content (AvgIpc) is 2.91. The number of hydrogen-bond acceptors (Lipinski definition) is 2. The first-order valence-electron chi connectivity index (χ1n) is 6.43. The maximum atomic E-state index is 12.0. The van der Waals surface area contributed by atoms with E-state index in [1.54, 1.807) is 6.92 Å². The van der Waals surface area contributed by atoms with Gasteiger partial charge in [0, 0.05) is 36.0 Å². The Balaban J connectivity index is 2.23. The van der Waals surface area contributed by atoms with Crippen molar-refractivity contribution in [3.05, 3.63) is 23.0 Å². The molecule has 1 aliphatic heterocycles. The first-order chi connectivity index (χ1) is 8.50. The van der Waals surface area contributed by atoms with E-state index in [9.17, 15) is 4.79 Å². The van der Waals surface area contributed by atoms with Crippen LogP contribution in [0.3, 0.4) is 0 Å². The third-order valence-corrected chi connectivity index (χ3v) is 3.86. The lowest BCUT2D eigenvalue weighted by Crippen LogP contribution is -2.15. The highest BCUT2D eigenvalue weighted by molar-refractivity contribution is 6.33. The Morgan fingerprint density at radius 3 is 2.89 bits per heavy atom. The molecule has 0 radical (unpaired) electrons. The van der Waals surface area contributed by atoms with E-state index >= 15 is 0 Å². The number of aryl methyl sites for hydroxylation is 1. The third kappa shape index (κ3) is 2.62. The average molecular weight is 270 g/mol. The van der Waals surface area contributed by atoms with Crippen LogP contribution >= 0.6 is 11.6 Å². The molecular formula is C14H20ClNO2. The highest BCUT2D eigenvalue weighted by Gasteiger charge is 2.22. The van der Waals surface area contributed by atoms with Crippen molar-refractivity contribution in [1.29, 1.82) is 0 Å². The van der Waals surface area contributed by atoms with Gasteiger partial charge in [0.25, 0.3) is 0 Å². The van der Waals surface area contributed by atoms with Gasteiger partial charge in [-0.25, -0.2) is 0 Å². The minimum Gasteiger partial charge on any atom is -0.381 e. The van der Waals surface area contributed by atoms with Crippen molar-refractivity contribution >= 4 is 17.4 Å². The van der Waals surface area contributed by atoms with Gasteiger partial charge in [-0.05, 0) is 33.3 Å². The molecule has 0 amide bonds. The van der Waals surface area contributed by atoms with Crippen molar-refractivity contribution in [3.63, 3.8) is 0 Å². The third-order valence-electron chi connectivity index (χ3n) is 3.67. The second kappa shape index (κ2) is 5.45. The summed E-state index contributed by atoms with van der Waals surface area (Å²) >= 11 is 5.89. The lowest BCUT2D eigenvalue weighted by molar-refractivity contribution is 0.0991. The van der Waals surface area contributed by atoms with Crippen molar-refractivity contribution in [3.8, 4) is 0 Å². The molecule has 1 saturated heterocycles. The first kappa shape index (κ1) is 13.6. The largest absolute Gasteiger partial charge is 0.381 e. The predicted octanol–water partition coefficient (Wildman–Crippen LogP) is 2.95. The van der Waals surface area contributed by atoms with E-state index in [2.05, 4.69) is 4.57 Å². The fourth-order valence-corrected chi connectivity index (χ4v) is 2.65. The van der Waals surface area contributed by atoms with E-state index in [1.807, 2.05) is 19.9 Å². The number of alkyl halides is 1. The molecular weight excluding hydrogens is 250 g/mol. The molecule has 4 heteroatoms. The van der Waals surface area contributed by atoms with Gasteiger partial charge in [0.2, 0.25) is 0 Å². The van der Waals surface area contributed by atoms with Crippen molar-refractivity contribution < 1.29 is 9.53 Å². The molecule has 0 N–H and O–H groups in total. The molecule has 1 aromatic rings. The normalized spacial score (nSPS) is 21.2.